The third-order valence-electron chi connectivity index (χ3n) is 1.20. The predicted octanol–water partition coefficient (Wildman–Crippen LogP) is -2.49. The van der Waals surface area contributed by atoms with Crippen LogP contribution in [0.2, 0.25) is 0 Å². The van der Waals surface area contributed by atoms with E-state index in [0.29, 0.717) is 0 Å². The predicted molar refractivity (Wildman–Crippen MR) is 34.7 cm³/mol. The summed E-state index contributed by atoms with van der Waals surface area (Å²) in [4.78, 5) is 12.9. The molecule has 1 aromatic rings. The van der Waals surface area contributed by atoms with Crippen molar-refractivity contribution in [2.45, 2.75) is 6.92 Å². The monoisotopic (exact) mass is 173 g/mol. The number of aromatic amines is 1. The summed E-state index contributed by atoms with van der Waals surface area (Å²) in [5.41, 5.74) is 1.23. The van der Waals surface area contributed by atoms with Crippen molar-refractivity contribution < 1.29 is 27.3 Å². The van der Waals surface area contributed by atoms with Gasteiger partial charge in [0.15, 0.2) is 6.20 Å². The van der Waals surface area contributed by atoms with Crippen molar-refractivity contribution in [2.75, 3.05) is 0 Å². The lowest BCUT2D eigenvalue weighted by Crippen LogP contribution is -3.00. The molecule has 1 aromatic heterocycles. The van der Waals surface area contributed by atoms with Crippen LogP contribution in [0.4, 0.5) is 0 Å². The molecule has 11 heavy (non-hydrogen) atoms. The molecule has 3 nitrogen and oxygen atoms in total. The molecule has 0 atom stereocenters. The summed E-state index contributed by atoms with van der Waals surface area (Å²) in [6, 6.07) is 3.29. The van der Waals surface area contributed by atoms with Crippen LogP contribution in [-0.2, 0) is 0 Å². The number of hydrogen-bond acceptors (Lipinski definition) is 1. The smallest absolute Gasteiger partial charge is 0.401 e. The van der Waals surface area contributed by atoms with Gasteiger partial charge in [-0.15, -0.1) is 0 Å². The molecular formula is C7H8ClNO2. The summed E-state index contributed by atoms with van der Waals surface area (Å²) in [6.45, 7) is 1.89. The molecule has 0 spiro atoms. The third kappa shape index (κ3) is 2.55. The van der Waals surface area contributed by atoms with E-state index in [4.69, 9.17) is 5.11 Å². The van der Waals surface area contributed by atoms with Crippen molar-refractivity contribution in [1.29, 1.82) is 0 Å². The van der Waals surface area contributed by atoms with Crippen molar-refractivity contribution in [2.24, 2.45) is 0 Å². The van der Waals surface area contributed by atoms with E-state index in [9.17, 15) is 4.79 Å². The van der Waals surface area contributed by atoms with Gasteiger partial charge in [-0.3, -0.25) is 0 Å². The van der Waals surface area contributed by atoms with E-state index in [-0.39, 0.29) is 18.1 Å². The Balaban J connectivity index is 0.000001000. The number of carbonyl (C=O) groups is 1. The Bertz CT molecular complexity index is 245. The molecule has 0 radical (unpaired) electrons. The number of aryl methyl sites for hydroxylation is 1. The molecule has 2 N–H and O–H groups in total. The Labute approximate surface area is 70.5 Å². The van der Waals surface area contributed by atoms with Gasteiger partial charge in [-0.25, -0.2) is 9.78 Å². The van der Waals surface area contributed by atoms with E-state index in [1.54, 1.807) is 12.3 Å². The molecule has 0 amide bonds. The van der Waals surface area contributed by atoms with Crippen molar-refractivity contribution in [3.63, 3.8) is 0 Å². The van der Waals surface area contributed by atoms with Crippen molar-refractivity contribution in [3.8, 4) is 0 Å². The maximum atomic E-state index is 10.3. The second-order valence-electron chi connectivity index (χ2n) is 2.08. The van der Waals surface area contributed by atoms with E-state index >= 15 is 0 Å². The van der Waals surface area contributed by atoms with Gasteiger partial charge in [0, 0.05) is 11.6 Å². The van der Waals surface area contributed by atoms with Gasteiger partial charge in [0.2, 0.25) is 0 Å². The fraction of sp³-hybridized carbons (Fsp3) is 0.143. The fourth-order valence-corrected chi connectivity index (χ4v) is 0.636. The van der Waals surface area contributed by atoms with Crippen LogP contribution in [0.5, 0.6) is 0 Å². The number of H-pyrrole nitrogens is 1. The molecule has 0 saturated heterocycles. The van der Waals surface area contributed by atoms with Crippen LogP contribution in [0.3, 0.4) is 0 Å². The molecular weight excluding hydrogens is 166 g/mol. The van der Waals surface area contributed by atoms with Crippen molar-refractivity contribution in [3.05, 3.63) is 29.6 Å². The van der Waals surface area contributed by atoms with Crippen LogP contribution in [-0.4, -0.2) is 11.1 Å². The molecule has 60 valence electrons. The Hall–Kier alpha value is -1.09. The Morgan fingerprint density at radius 2 is 2.18 bits per heavy atom. The van der Waals surface area contributed by atoms with E-state index in [2.05, 4.69) is 4.98 Å². The summed E-state index contributed by atoms with van der Waals surface area (Å²) >= 11 is 0. The summed E-state index contributed by atoms with van der Waals surface area (Å²) in [5, 5.41) is 8.44. The first-order valence-corrected chi connectivity index (χ1v) is 2.92. The lowest BCUT2D eigenvalue weighted by atomic mass is 10.3. The zero-order valence-electron chi connectivity index (χ0n) is 5.97. The zero-order chi connectivity index (χ0) is 7.56. The molecule has 0 bridgehead atoms. The number of carboxylic acids is 1. The quantitative estimate of drug-likeness (QED) is 0.511. The third-order valence-corrected chi connectivity index (χ3v) is 1.20. The Morgan fingerprint density at radius 1 is 1.55 bits per heavy atom. The van der Waals surface area contributed by atoms with Crippen LogP contribution in [0.15, 0.2) is 18.3 Å². The molecule has 0 unspecified atom stereocenters. The highest BCUT2D eigenvalue weighted by Gasteiger charge is 2.08. The van der Waals surface area contributed by atoms with Gasteiger partial charge in [0.25, 0.3) is 5.69 Å². The molecule has 0 aliphatic carbocycles. The van der Waals surface area contributed by atoms with Crippen LogP contribution in [0, 0.1) is 6.92 Å². The standard InChI is InChI=1S/C7H7NO2.ClH/c1-5-2-3-6(7(9)10)8-4-5;/h2-4H,1H3,(H,9,10);1H. The summed E-state index contributed by atoms with van der Waals surface area (Å²) in [5.74, 6) is -0.931. The van der Waals surface area contributed by atoms with Crippen LogP contribution < -0.4 is 17.4 Å². The number of pyridine rings is 1. The van der Waals surface area contributed by atoms with E-state index in [0.717, 1.165) is 5.56 Å². The fourth-order valence-electron chi connectivity index (χ4n) is 0.636. The number of aromatic carboxylic acids is 1. The van der Waals surface area contributed by atoms with Gasteiger partial charge in [0.1, 0.15) is 0 Å². The molecule has 1 heterocycles. The van der Waals surface area contributed by atoms with Gasteiger partial charge in [0.05, 0.1) is 0 Å². The first-order valence-electron chi connectivity index (χ1n) is 2.92. The highest BCUT2D eigenvalue weighted by Crippen LogP contribution is 1.92. The number of hydrogen-bond donors (Lipinski definition) is 1. The molecule has 0 aromatic carbocycles. The number of rotatable bonds is 1. The average Bonchev–Trinajstić information content (AvgIpc) is 1.88. The highest BCUT2D eigenvalue weighted by molar-refractivity contribution is 5.83. The minimum Gasteiger partial charge on any atom is -1.00 e. The summed E-state index contributed by atoms with van der Waals surface area (Å²) in [6.07, 6.45) is 1.66. The maximum Gasteiger partial charge on any atom is 0.401 e. The normalized spacial score (nSPS) is 8.45. The van der Waals surface area contributed by atoms with Gasteiger partial charge in [-0.2, -0.15) is 0 Å². The number of nitrogens with one attached hydrogen (secondary N) is 1. The average molecular weight is 174 g/mol. The van der Waals surface area contributed by atoms with Crippen molar-refractivity contribution >= 4 is 5.97 Å². The van der Waals surface area contributed by atoms with Crippen molar-refractivity contribution in [1.82, 2.24) is 0 Å². The highest BCUT2D eigenvalue weighted by atomic mass is 35.5. The molecule has 0 saturated carbocycles. The first kappa shape index (κ1) is 9.91. The molecule has 4 heteroatoms. The summed E-state index contributed by atoms with van der Waals surface area (Å²) < 4.78 is 0. The van der Waals surface area contributed by atoms with E-state index in [1.165, 1.54) is 6.07 Å². The lowest BCUT2D eigenvalue weighted by molar-refractivity contribution is -0.383. The van der Waals surface area contributed by atoms with Crippen LogP contribution in [0.1, 0.15) is 16.1 Å². The number of carboxylic acid groups (broad SMARTS) is 1. The first-order chi connectivity index (χ1) is 4.70. The molecule has 0 fully saturated rings. The van der Waals surface area contributed by atoms with Crippen LogP contribution >= 0.6 is 0 Å². The van der Waals surface area contributed by atoms with E-state index < -0.39 is 5.97 Å². The van der Waals surface area contributed by atoms with Gasteiger partial charge in [-0.05, 0) is 13.0 Å². The lowest BCUT2D eigenvalue weighted by Gasteiger charge is -1.85. The topological polar surface area (TPSA) is 51.4 Å². The number of aromatic nitrogens is 1. The van der Waals surface area contributed by atoms with E-state index in [1.807, 2.05) is 6.92 Å². The van der Waals surface area contributed by atoms with Crippen LogP contribution in [0.25, 0.3) is 0 Å². The Kier molecular flexibility index (Phi) is 3.54. The summed E-state index contributed by atoms with van der Waals surface area (Å²) in [7, 11) is 0. The number of halogens is 1. The molecule has 0 aliphatic heterocycles. The second-order valence-corrected chi connectivity index (χ2v) is 2.08. The Morgan fingerprint density at radius 3 is 2.55 bits per heavy atom. The molecule has 0 aliphatic rings. The van der Waals surface area contributed by atoms with Gasteiger partial charge in [-0.1, -0.05) is 0 Å². The van der Waals surface area contributed by atoms with Gasteiger partial charge < -0.3 is 17.5 Å². The minimum absolute atomic E-state index is 0. The zero-order valence-corrected chi connectivity index (χ0v) is 6.72. The maximum absolute atomic E-state index is 10.3. The van der Waals surface area contributed by atoms with Gasteiger partial charge >= 0.3 is 5.97 Å². The largest absolute Gasteiger partial charge is 1.00 e. The molecule has 1 rings (SSSR count). The second kappa shape index (κ2) is 3.93. The minimum atomic E-state index is -0.931. The SMILES string of the molecule is Cc1ccc(C(=O)O)[nH+]c1.[Cl-].